The first kappa shape index (κ1) is 10.9. The number of halogens is 2. The molecule has 0 fully saturated rings. The zero-order chi connectivity index (χ0) is 10.4. The van der Waals surface area contributed by atoms with Crippen LogP contribution in [0.3, 0.4) is 0 Å². The summed E-state index contributed by atoms with van der Waals surface area (Å²) in [6, 6.07) is 6.14. The first-order valence-electron chi connectivity index (χ1n) is 4.45. The van der Waals surface area contributed by atoms with Crippen LogP contribution in [0, 0.1) is 0 Å². The van der Waals surface area contributed by atoms with Crippen LogP contribution in [0.5, 0.6) is 5.75 Å². The minimum atomic E-state index is -2.50. The van der Waals surface area contributed by atoms with Gasteiger partial charge in [-0.3, -0.25) is 0 Å². The molecule has 0 bridgehead atoms. The molecule has 2 nitrogen and oxygen atoms in total. The highest BCUT2D eigenvalue weighted by Crippen LogP contribution is 2.28. The molecule has 1 aromatic carbocycles. The number of hydrogen-bond acceptors (Lipinski definition) is 2. The van der Waals surface area contributed by atoms with Crippen molar-refractivity contribution in [1.29, 1.82) is 0 Å². The number of rotatable bonds is 5. The third-order valence-corrected chi connectivity index (χ3v) is 1.76. The lowest BCUT2D eigenvalue weighted by Gasteiger charge is -2.09. The summed E-state index contributed by atoms with van der Waals surface area (Å²) in [7, 11) is 0. The average molecular weight is 201 g/mol. The number of para-hydroxylation sites is 1. The van der Waals surface area contributed by atoms with Gasteiger partial charge in [-0.15, -0.1) is 0 Å². The van der Waals surface area contributed by atoms with Crippen LogP contribution in [0.4, 0.5) is 8.78 Å². The van der Waals surface area contributed by atoms with Gasteiger partial charge in [0.1, 0.15) is 5.75 Å². The standard InChI is InChI=1S/C10H13F2NO/c11-10(12)8-4-1-2-5-9(8)14-7-3-6-13/h1-2,4-5,10H,3,6-7,13H2. The minimum Gasteiger partial charge on any atom is -0.493 e. The Bertz CT molecular complexity index is 279. The van der Waals surface area contributed by atoms with E-state index in [1.165, 1.54) is 12.1 Å². The van der Waals surface area contributed by atoms with Crippen molar-refractivity contribution in [3.8, 4) is 5.75 Å². The molecule has 0 aliphatic rings. The van der Waals surface area contributed by atoms with Crippen LogP contribution < -0.4 is 10.5 Å². The Morgan fingerprint density at radius 2 is 2.00 bits per heavy atom. The predicted molar refractivity (Wildman–Crippen MR) is 50.6 cm³/mol. The van der Waals surface area contributed by atoms with Gasteiger partial charge in [-0.2, -0.15) is 0 Å². The fourth-order valence-electron chi connectivity index (χ4n) is 1.06. The van der Waals surface area contributed by atoms with Crippen LogP contribution in [0.15, 0.2) is 24.3 Å². The van der Waals surface area contributed by atoms with Crippen molar-refractivity contribution in [2.45, 2.75) is 12.8 Å². The molecule has 0 amide bonds. The van der Waals surface area contributed by atoms with Gasteiger partial charge in [0, 0.05) is 0 Å². The van der Waals surface area contributed by atoms with E-state index in [1.807, 2.05) is 0 Å². The molecule has 0 saturated carbocycles. The van der Waals surface area contributed by atoms with Gasteiger partial charge in [0.2, 0.25) is 0 Å². The molecule has 14 heavy (non-hydrogen) atoms. The molecule has 0 aliphatic carbocycles. The Kier molecular flexibility index (Phi) is 4.32. The zero-order valence-electron chi connectivity index (χ0n) is 7.75. The summed E-state index contributed by atoms with van der Waals surface area (Å²) in [6.07, 6.45) is -1.83. The van der Waals surface area contributed by atoms with Gasteiger partial charge < -0.3 is 10.5 Å². The average Bonchev–Trinajstić information content (AvgIpc) is 2.19. The van der Waals surface area contributed by atoms with Crippen LogP contribution in [0.25, 0.3) is 0 Å². The molecule has 2 N–H and O–H groups in total. The summed E-state index contributed by atoms with van der Waals surface area (Å²) in [6.45, 7) is 0.872. The first-order chi connectivity index (χ1) is 6.75. The van der Waals surface area contributed by atoms with Crippen molar-refractivity contribution in [3.63, 3.8) is 0 Å². The molecule has 0 radical (unpaired) electrons. The predicted octanol–water partition coefficient (Wildman–Crippen LogP) is 2.35. The number of nitrogens with two attached hydrogens (primary N) is 1. The Labute approximate surface area is 81.7 Å². The van der Waals surface area contributed by atoms with E-state index in [1.54, 1.807) is 12.1 Å². The lowest BCUT2D eigenvalue weighted by atomic mass is 10.2. The fraction of sp³-hybridized carbons (Fsp3) is 0.400. The molecule has 0 aliphatic heterocycles. The van der Waals surface area contributed by atoms with E-state index in [4.69, 9.17) is 10.5 Å². The van der Waals surface area contributed by atoms with Gasteiger partial charge in [0.25, 0.3) is 6.43 Å². The topological polar surface area (TPSA) is 35.2 Å². The Hall–Kier alpha value is -1.16. The van der Waals surface area contributed by atoms with E-state index in [9.17, 15) is 8.78 Å². The molecule has 0 saturated heterocycles. The second kappa shape index (κ2) is 5.54. The van der Waals surface area contributed by atoms with Gasteiger partial charge in [-0.05, 0) is 25.1 Å². The molecule has 0 unspecified atom stereocenters. The summed E-state index contributed by atoms with van der Waals surface area (Å²) in [5.74, 6) is 0.246. The SMILES string of the molecule is NCCCOc1ccccc1C(F)F. The highest BCUT2D eigenvalue weighted by molar-refractivity contribution is 5.34. The molecular formula is C10H13F2NO. The molecule has 4 heteroatoms. The van der Waals surface area contributed by atoms with Crippen LogP contribution in [-0.4, -0.2) is 13.2 Å². The molecule has 0 spiro atoms. The quantitative estimate of drug-likeness (QED) is 0.742. The molecule has 1 aromatic rings. The Morgan fingerprint density at radius 1 is 1.29 bits per heavy atom. The molecule has 0 heterocycles. The normalized spacial score (nSPS) is 10.6. The van der Waals surface area contributed by atoms with Crippen molar-refractivity contribution < 1.29 is 13.5 Å². The van der Waals surface area contributed by atoms with Crippen LogP contribution in [0.1, 0.15) is 18.4 Å². The van der Waals surface area contributed by atoms with Crippen LogP contribution in [-0.2, 0) is 0 Å². The maximum Gasteiger partial charge on any atom is 0.267 e. The Morgan fingerprint density at radius 3 is 2.64 bits per heavy atom. The van der Waals surface area contributed by atoms with Gasteiger partial charge in [0.15, 0.2) is 0 Å². The van der Waals surface area contributed by atoms with Crippen molar-refractivity contribution in [1.82, 2.24) is 0 Å². The van der Waals surface area contributed by atoms with Crippen LogP contribution in [0.2, 0.25) is 0 Å². The molecule has 0 atom stereocenters. The van der Waals surface area contributed by atoms with E-state index < -0.39 is 6.43 Å². The summed E-state index contributed by atoms with van der Waals surface area (Å²) >= 11 is 0. The van der Waals surface area contributed by atoms with Crippen molar-refractivity contribution in [2.24, 2.45) is 5.73 Å². The number of benzene rings is 1. The van der Waals surface area contributed by atoms with E-state index in [0.717, 1.165) is 0 Å². The number of ether oxygens (including phenoxy) is 1. The molecule has 78 valence electrons. The summed E-state index contributed by atoms with van der Waals surface area (Å²) in [5, 5.41) is 0. The summed E-state index contributed by atoms with van der Waals surface area (Å²) in [5.41, 5.74) is 5.20. The van der Waals surface area contributed by atoms with Gasteiger partial charge >= 0.3 is 0 Å². The van der Waals surface area contributed by atoms with Gasteiger partial charge in [-0.25, -0.2) is 8.78 Å². The maximum absolute atomic E-state index is 12.4. The maximum atomic E-state index is 12.4. The fourth-order valence-corrected chi connectivity index (χ4v) is 1.06. The smallest absolute Gasteiger partial charge is 0.267 e. The van der Waals surface area contributed by atoms with E-state index in [2.05, 4.69) is 0 Å². The van der Waals surface area contributed by atoms with Crippen LogP contribution >= 0.6 is 0 Å². The summed E-state index contributed by atoms with van der Waals surface area (Å²) in [4.78, 5) is 0. The van der Waals surface area contributed by atoms with Crippen molar-refractivity contribution in [2.75, 3.05) is 13.2 Å². The largest absolute Gasteiger partial charge is 0.493 e. The zero-order valence-corrected chi connectivity index (χ0v) is 7.75. The van der Waals surface area contributed by atoms with Gasteiger partial charge in [0.05, 0.1) is 12.2 Å². The second-order valence-electron chi connectivity index (χ2n) is 2.83. The first-order valence-corrected chi connectivity index (χ1v) is 4.45. The monoisotopic (exact) mass is 201 g/mol. The second-order valence-corrected chi connectivity index (χ2v) is 2.83. The lowest BCUT2D eigenvalue weighted by Crippen LogP contribution is -2.07. The molecular weight excluding hydrogens is 188 g/mol. The molecule has 0 aromatic heterocycles. The van der Waals surface area contributed by atoms with E-state index in [0.29, 0.717) is 19.6 Å². The Balaban J connectivity index is 2.64. The van der Waals surface area contributed by atoms with E-state index >= 15 is 0 Å². The van der Waals surface area contributed by atoms with Crippen molar-refractivity contribution >= 4 is 0 Å². The third kappa shape index (κ3) is 2.96. The lowest BCUT2D eigenvalue weighted by molar-refractivity contribution is 0.145. The minimum absolute atomic E-state index is 0.0653. The molecule has 1 rings (SSSR count). The number of hydrogen-bond donors (Lipinski definition) is 1. The third-order valence-electron chi connectivity index (χ3n) is 1.76. The highest BCUT2D eigenvalue weighted by Gasteiger charge is 2.12. The van der Waals surface area contributed by atoms with Gasteiger partial charge in [-0.1, -0.05) is 12.1 Å². The van der Waals surface area contributed by atoms with Crippen molar-refractivity contribution in [3.05, 3.63) is 29.8 Å². The summed E-state index contributed by atoms with van der Waals surface area (Å²) < 4.78 is 30.0. The number of alkyl halides is 2. The van der Waals surface area contributed by atoms with E-state index in [-0.39, 0.29) is 11.3 Å². The highest BCUT2D eigenvalue weighted by atomic mass is 19.3.